The Labute approximate surface area is 172 Å². The summed E-state index contributed by atoms with van der Waals surface area (Å²) >= 11 is 0. The molecular weight excluding hydrogens is 388 g/mol. The number of benzene rings is 1. The second kappa shape index (κ2) is 7.95. The largest absolute Gasteiger partial charge is 0.480 e. The minimum atomic E-state index is -3.40. The van der Waals surface area contributed by atoms with Gasteiger partial charge in [-0.15, -0.1) is 0 Å². The number of hydrogen-bond acceptors (Lipinski definition) is 3. The summed E-state index contributed by atoms with van der Waals surface area (Å²) in [4.78, 5) is 11.7. The second-order valence-corrected chi connectivity index (χ2v) is 10.0. The van der Waals surface area contributed by atoms with E-state index in [1.165, 1.54) is 16.8 Å². The summed E-state index contributed by atoms with van der Waals surface area (Å²) in [6.07, 6.45) is 6.69. The molecule has 2 aromatic rings. The van der Waals surface area contributed by atoms with E-state index >= 15 is 0 Å². The smallest absolute Gasteiger partial charge is 0.323 e. The Morgan fingerprint density at radius 3 is 2.34 bits per heavy atom. The molecular formula is C22H28N2O4S. The lowest BCUT2D eigenvalue weighted by atomic mass is 9.92. The molecule has 0 bridgehead atoms. The molecule has 1 aliphatic heterocycles. The van der Waals surface area contributed by atoms with Crippen molar-refractivity contribution < 1.29 is 18.3 Å². The van der Waals surface area contributed by atoms with E-state index in [0.29, 0.717) is 24.4 Å². The Balaban J connectivity index is 1.61. The quantitative estimate of drug-likeness (QED) is 0.785. The standard InChI is InChI=1S/C22H28N2O4S/c1-16-20(19-6-2-3-7-21(19)24(16)15-22(25)26)14-17-8-10-18(11-9-17)29(27,28)23-12-4-5-13-23/h8-11H,2-7,12-15H2,1H3,(H,25,26). The fourth-order valence-electron chi connectivity index (χ4n) is 4.74. The summed E-state index contributed by atoms with van der Waals surface area (Å²) in [5.41, 5.74) is 5.74. The first kappa shape index (κ1) is 20.2. The maximum atomic E-state index is 12.7. The Hall–Kier alpha value is -2.12. The molecule has 0 spiro atoms. The third-order valence-corrected chi connectivity index (χ3v) is 8.18. The van der Waals surface area contributed by atoms with Crippen molar-refractivity contribution >= 4 is 16.0 Å². The highest BCUT2D eigenvalue weighted by Gasteiger charge is 2.27. The molecule has 29 heavy (non-hydrogen) atoms. The van der Waals surface area contributed by atoms with Gasteiger partial charge >= 0.3 is 5.97 Å². The first-order valence-electron chi connectivity index (χ1n) is 10.4. The molecule has 0 unspecified atom stereocenters. The van der Waals surface area contributed by atoms with Gasteiger partial charge in [0.1, 0.15) is 6.54 Å². The van der Waals surface area contributed by atoms with Crippen LogP contribution in [-0.2, 0) is 40.6 Å². The van der Waals surface area contributed by atoms with E-state index < -0.39 is 16.0 Å². The van der Waals surface area contributed by atoms with Gasteiger partial charge in [-0.3, -0.25) is 4.79 Å². The zero-order chi connectivity index (χ0) is 20.6. The lowest BCUT2D eigenvalue weighted by Gasteiger charge is -2.16. The zero-order valence-electron chi connectivity index (χ0n) is 16.9. The second-order valence-electron chi connectivity index (χ2n) is 8.11. The number of hydrogen-bond donors (Lipinski definition) is 1. The number of carboxylic acids is 1. The van der Waals surface area contributed by atoms with Crippen LogP contribution in [0.25, 0.3) is 0 Å². The highest BCUT2D eigenvalue weighted by Crippen LogP contribution is 2.32. The molecule has 2 aliphatic rings. The molecule has 0 atom stereocenters. The van der Waals surface area contributed by atoms with Gasteiger partial charge in [-0.05, 0) is 80.7 Å². The van der Waals surface area contributed by atoms with Gasteiger partial charge in [0.15, 0.2) is 0 Å². The fraction of sp³-hybridized carbons (Fsp3) is 0.500. The first-order chi connectivity index (χ1) is 13.9. The van der Waals surface area contributed by atoms with E-state index in [1.807, 2.05) is 23.6 Å². The van der Waals surface area contributed by atoms with Crippen molar-refractivity contribution in [1.29, 1.82) is 0 Å². The Morgan fingerprint density at radius 1 is 1.03 bits per heavy atom. The molecule has 7 heteroatoms. The number of aromatic nitrogens is 1. The maximum absolute atomic E-state index is 12.7. The highest BCUT2D eigenvalue weighted by molar-refractivity contribution is 7.89. The Bertz CT molecular complexity index is 1020. The van der Waals surface area contributed by atoms with Crippen LogP contribution < -0.4 is 0 Å². The van der Waals surface area contributed by atoms with Gasteiger partial charge in [-0.25, -0.2) is 8.42 Å². The monoisotopic (exact) mass is 416 g/mol. The van der Waals surface area contributed by atoms with Crippen molar-refractivity contribution in [2.24, 2.45) is 0 Å². The number of fused-ring (bicyclic) bond motifs is 1. The minimum Gasteiger partial charge on any atom is -0.480 e. The number of rotatable bonds is 6. The summed E-state index contributed by atoms with van der Waals surface area (Å²) in [5, 5.41) is 9.31. The molecule has 1 aromatic carbocycles. The van der Waals surface area contributed by atoms with Crippen molar-refractivity contribution in [1.82, 2.24) is 8.87 Å². The summed E-state index contributed by atoms with van der Waals surface area (Å²) in [6.45, 7) is 3.21. The number of carboxylic acid groups (broad SMARTS) is 1. The number of nitrogens with zero attached hydrogens (tertiary/aromatic N) is 2. The molecule has 1 N–H and O–H groups in total. The van der Waals surface area contributed by atoms with Gasteiger partial charge in [0, 0.05) is 24.5 Å². The topological polar surface area (TPSA) is 79.6 Å². The maximum Gasteiger partial charge on any atom is 0.323 e. The third kappa shape index (κ3) is 3.85. The van der Waals surface area contributed by atoms with Gasteiger partial charge in [0.05, 0.1) is 4.90 Å². The summed E-state index contributed by atoms with van der Waals surface area (Å²) in [7, 11) is -3.40. The van der Waals surface area contributed by atoms with E-state index in [4.69, 9.17) is 0 Å². The van der Waals surface area contributed by atoms with Crippen molar-refractivity contribution in [3.8, 4) is 0 Å². The van der Waals surface area contributed by atoms with Gasteiger partial charge in [0.2, 0.25) is 10.0 Å². The van der Waals surface area contributed by atoms with Crippen LogP contribution in [0.2, 0.25) is 0 Å². The SMILES string of the molecule is Cc1c(Cc2ccc(S(=O)(=O)N3CCCC3)cc2)c2c(n1CC(=O)O)CCCC2. The van der Waals surface area contributed by atoms with E-state index in [9.17, 15) is 18.3 Å². The lowest BCUT2D eigenvalue weighted by Crippen LogP contribution is -2.27. The van der Waals surface area contributed by atoms with Crippen molar-refractivity contribution in [2.75, 3.05) is 13.1 Å². The van der Waals surface area contributed by atoms with Gasteiger partial charge in [-0.1, -0.05) is 12.1 Å². The van der Waals surface area contributed by atoms with Crippen LogP contribution in [0.15, 0.2) is 29.2 Å². The minimum absolute atomic E-state index is 0.00117. The predicted octanol–water partition coefficient (Wildman–Crippen LogP) is 3.14. The van der Waals surface area contributed by atoms with Crippen LogP contribution >= 0.6 is 0 Å². The van der Waals surface area contributed by atoms with Gasteiger partial charge in [-0.2, -0.15) is 4.31 Å². The van der Waals surface area contributed by atoms with Crippen LogP contribution in [0, 0.1) is 6.92 Å². The Morgan fingerprint density at radius 2 is 1.69 bits per heavy atom. The summed E-state index contributed by atoms with van der Waals surface area (Å²) in [6, 6.07) is 7.20. The normalized spacial score (nSPS) is 17.4. The molecule has 0 amide bonds. The van der Waals surface area contributed by atoms with Crippen LogP contribution in [-0.4, -0.2) is 41.5 Å². The molecule has 1 saturated heterocycles. The summed E-state index contributed by atoms with van der Waals surface area (Å²) < 4.78 is 29.0. The summed E-state index contributed by atoms with van der Waals surface area (Å²) in [5.74, 6) is -0.820. The lowest BCUT2D eigenvalue weighted by molar-refractivity contribution is -0.137. The Kier molecular flexibility index (Phi) is 5.53. The van der Waals surface area contributed by atoms with Crippen LogP contribution in [0.3, 0.4) is 0 Å². The van der Waals surface area contributed by atoms with Crippen molar-refractivity contribution in [3.05, 3.63) is 52.3 Å². The molecule has 156 valence electrons. The molecule has 0 saturated carbocycles. The third-order valence-electron chi connectivity index (χ3n) is 6.27. The average Bonchev–Trinajstić information content (AvgIpc) is 3.33. The number of carbonyl (C=O) groups is 1. The highest BCUT2D eigenvalue weighted by atomic mass is 32.2. The fourth-order valence-corrected chi connectivity index (χ4v) is 6.26. The van der Waals surface area contributed by atoms with E-state index in [0.717, 1.165) is 49.8 Å². The molecule has 4 rings (SSSR count). The predicted molar refractivity (Wildman–Crippen MR) is 111 cm³/mol. The van der Waals surface area contributed by atoms with Crippen LogP contribution in [0.4, 0.5) is 0 Å². The zero-order valence-corrected chi connectivity index (χ0v) is 17.7. The average molecular weight is 417 g/mol. The van der Waals surface area contributed by atoms with E-state index in [2.05, 4.69) is 0 Å². The van der Waals surface area contributed by atoms with Crippen LogP contribution in [0.5, 0.6) is 0 Å². The van der Waals surface area contributed by atoms with Gasteiger partial charge in [0.25, 0.3) is 0 Å². The molecule has 6 nitrogen and oxygen atoms in total. The molecule has 2 heterocycles. The first-order valence-corrected chi connectivity index (χ1v) is 11.8. The van der Waals surface area contributed by atoms with Crippen molar-refractivity contribution in [2.45, 2.75) is 63.3 Å². The van der Waals surface area contributed by atoms with Gasteiger partial charge < -0.3 is 9.67 Å². The van der Waals surface area contributed by atoms with E-state index in [-0.39, 0.29) is 6.54 Å². The molecule has 1 fully saturated rings. The molecule has 0 radical (unpaired) electrons. The number of aliphatic carboxylic acids is 1. The van der Waals surface area contributed by atoms with Crippen LogP contribution in [0.1, 0.15) is 53.8 Å². The van der Waals surface area contributed by atoms with Crippen molar-refractivity contribution in [3.63, 3.8) is 0 Å². The number of sulfonamides is 1. The molecule has 1 aromatic heterocycles. The molecule has 1 aliphatic carbocycles. The van der Waals surface area contributed by atoms with E-state index in [1.54, 1.807) is 16.4 Å².